The molecule has 0 amide bonds. The van der Waals surface area contributed by atoms with E-state index in [0.29, 0.717) is 0 Å². The van der Waals surface area contributed by atoms with Crippen molar-refractivity contribution in [3.63, 3.8) is 0 Å². The van der Waals surface area contributed by atoms with E-state index in [1.54, 1.807) is 0 Å². The van der Waals surface area contributed by atoms with Gasteiger partial charge in [-0.3, -0.25) is 0 Å². The van der Waals surface area contributed by atoms with Crippen LogP contribution < -0.4 is 0 Å². The average Bonchev–Trinajstić information content (AvgIpc) is 1.00. The van der Waals surface area contributed by atoms with Crippen molar-refractivity contribution in [2.45, 2.75) is 13.8 Å². The summed E-state index contributed by atoms with van der Waals surface area (Å²) in [5.74, 6) is 0. The zero-order chi connectivity index (χ0) is 2.00. The van der Waals surface area contributed by atoms with Crippen molar-refractivity contribution in [3.8, 4) is 0 Å². The van der Waals surface area contributed by atoms with Crippen molar-refractivity contribution < 1.29 is 65.4 Å². The maximum Gasteiger partial charge on any atom is 3.00 e. The van der Waals surface area contributed by atoms with Crippen molar-refractivity contribution in [3.05, 3.63) is 29.7 Å². The molecule has 0 atom stereocenters. The molecule has 49 valence electrons. The van der Waals surface area contributed by atoms with Crippen LogP contribution in [0.1, 0.15) is 13.8 Å². The summed E-state index contributed by atoms with van der Waals surface area (Å²) in [6.07, 6.45) is 0. The van der Waals surface area contributed by atoms with Crippen LogP contribution in [0, 0.1) is 29.7 Å². The van der Waals surface area contributed by atoms with E-state index in [-0.39, 0.29) is 95.1 Å². The molecule has 0 fully saturated rings. The Kier molecular flexibility index (Phi) is 1340. The van der Waals surface area contributed by atoms with Crippen molar-refractivity contribution in [1.82, 2.24) is 0 Å². The number of hydrogen-bond acceptors (Lipinski definition) is 0. The molecule has 0 aliphatic rings. The molecule has 0 saturated heterocycles. The molecule has 0 aliphatic carbocycles. The molecular formula is C6H18Y2-. The van der Waals surface area contributed by atoms with Gasteiger partial charge in [0.2, 0.25) is 0 Å². The van der Waals surface area contributed by atoms with Gasteiger partial charge in [-0.2, -0.15) is 0 Å². The van der Waals surface area contributed by atoms with E-state index in [9.17, 15) is 0 Å². The minimum atomic E-state index is 0. The first-order valence-corrected chi connectivity index (χ1v) is 1.00. The Morgan fingerprint density at radius 2 is 0.625 bits per heavy atom. The van der Waals surface area contributed by atoms with Crippen molar-refractivity contribution >= 4 is 0 Å². The van der Waals surface area contributed by atoms with Gasteiger partial charge in [0.05, 0.1) is 0 Å². The maximum atomic E-state index is 2.00. The topological polar surface area (TPSA) is 0 Å². The first-order valence-electron chi connectivity index (χ1n) is 1.00. The Balaban J connectivity index is -0.000000000333. The second-order valence-electron chi connectivity index (χ2n) is 0. The number of hydrogen-bond donors (Lipinski definition) is 0. The summed E-state index contributed by atoms with van der Waals surface area (Å²) >= 11 is 0. The van der Waals surface area contributed by atoms with Crippen LogP contribution in [0.25, 0.3) is 0 Å². The molecule has 0 rings (SSSR count). The van der Waals surface area contributed by atoms with Crippen LogP contribution in [0.3, 0.4) is 0 Å². The summed E-state index contributed by atoms with van der Waals surface area (Å²) < 4.78 is 0. The predicted octanol–water partition coefficient (Wildman–Crippen LogP) is 2.82. The van der Waals surface area contributed by atoms with Crippen molar-refractivity contribution in [1.29, 1.82) is 0 Å². The second kappa shape index (κ2) is 127. The van der Waals surface area contributed by atoms with Gasteiger partial charge in [0, 0.05) is 32.7 Å². The normalized spacial score (nSPS) is 0.750. The number of rotatable bonds is 0. The zero-order valence-electron chi connectivity index (χ0n) is 7.15. The molecule has 0 aromatic rings. The molecule has 0 aliphatic heterocycles. The molecule has 0 spiro atoms. The van der Waals surface area contributed by atoms with Gasteiger partial charge in [0.15, 0.2) is 0 Å². The van der Waals surface area contributed by atoms with E-state index in [4.69, 9.17) is 0 Å². The summed E-state index contributed by atoms with van der Waals surface area (Å²) in [6.45, 7) is 4.00. The molecule has 0 bridgehead atoms. The van der Waals surface area contributed by atoms with Crippen LogP contribution in [-0.4, -0.2) is 0 Å². The van der Waals surface area contributed by atoms with E-state index in [0.717, 1.165) is 0 Å². The maximum absolute atomic E-state index is 2.00. The summed E-state index contributed by atoms with van der Waals surface area (Å²) in [5.41, 5.74) is 0. The summed E-state index contributed by atoms with van der Waals surface area (Å²) in [5, 5.41) is 0. The van der Waals surface area contributed by atoms with Crippen LogP contribution in [0.4, 0.5) is 0 Å². The molecule has 2 heteroatoms. The Bertz CT molecular complexity index is 6.49. The van der Waals surface area contributed by atoms with Gasteiger partial charge in [0.1, 0.15) is 0 Å². The molecule has 0 unspecified atom stereocenters. The smallest absolute Gasteiger partial charge is 0.358 e. The van der Waals surface area contributed by atoms with Crippen molar-refractivity contribution in [2.24, 2.45) is 0 Å². The third-order valence-corrected chi connectivity index (χ3v) is 0. The van der Waals surface area contributed by atoms with E-state index in [1.165, 1.54) is 0 Å². The monoisotopic (exact) mass is 268 g/mol. The van der Waals surface area contributed by atoms with Gasteiger partial charge in [-0.25, -0.2) is 0 Å². The van der Waals surface area contributed by atoms with Crippen LogP contribution >= 0.6 is 0 Å². The first kappa shape index (κ1) is 84.1. The molecule has 8 heavy (non-hydrogen) atoms. The quantitative estimate of drug-likeness (QED) is 0.592. The Morgan fingerprint density at radius 3 is 0.625 bits per heavy atom. The van der Waals surface area contributed by atoms with Gasteiger partial charge in [0.25, 0.3) is 0 Å². The second-order valence-corrected chi connectivity index (χ2v) is 0. The van der Waals surface area contributed by atoms with Gasteiger partial charge in [-0.1, -0.05) is 13.8 Å². The molecule has 0 aromatic carbocycles. The molecular weight excluding hydrogens is 250 g/mol. The minimum absolute atomic E-state index is 0. The summed E-state index contributed by atoms with van der Waals surface area (Å²) in [4.78, 5) is 0. The summed E-state index contributed by atoms with van der Waals surface area (Å²) in [6, 6.07) is 0. The fourth-order valence-corrected chi connectivity index (χ4v) is 0. The van der Waals surface area contributed by atoms with Crippen LogP contribution in [0.15, 0.2) is 0 Å². The summed E-state index contributed by atoms with van der Waals surface area (Å²) in [7, 11) is 0. The van der Waals surface area contributed by atoms with Crippen LogP contribution in [0.2, 0.25) is 0 Å². The van der Waals surface area contributed by atoms with E-state index in [2.05, 4.69) is 0 Å². The van der Waals surface area contributed by atoms with E-state index >= 15 is 0 Å². The van der Waals surface area contributed by atoms with Crippen molar-refractivity contribution in [2.75, 3.05) is 0 Å². The molecule has 0 aromatic heterocycles. The molecule has 0 saturated carbocycles. The van der Waals surface area contributed by atoms with Gasteiger partial charge >= 0.3 is 32.7 Å². The average molecular weight is 268 g/mol. The zero-order valence-corrected chi connectivity index (χ0v) is 12.8. The SMILES string of the molecule is CC.[CH3-].[CH3-].[CH3-].[CH3-].[Y+3].[Y]. The Hall–Kier alpha value is 2.21. The standard InChI is InChI=1S/C2H6.4CH3.2Y/c1-2;;;;;;/h1-2H3;4*1H3;;/q;4*-1;;+3. The van der Waals surface area contributed by atoms with Gasteiger partial charge in [-0.05, 0) is 0 Å². The van der Waals surface area contributed by atoms with Crippen LogP contribution in [-0.2, 0) is 65.4 Å². The third kappa shape index (κ3) is 87.5. The molecule has 1 radical (unpaired) electrons. The third-order valence-electron chi connectivity index (χ3n) is 0. The fraction of sp³-hybridized carbons (Fsp3) is 0.333. The largest absolute Gasteiger partial charge is 3.00 e. The predicted molar refractivity (Wildman–Crippen MR) is 37.0 cm³/mol. The van der Waals surface area contributed by atoms with Gasteiger partial charge < -0.3 is 29.7 Å². The molecule has 0 nitrogen and oxygen atoms in total. The minimum Gasteiger partial charge on any atom is -0.358 e. The fourth-order valence-electron chi connectivity index (χ4n) is 0. The van der Waals surface area contributed by atoms with Crippen LogP contribution in [0.5, 0.6) is 0 Å². The van der Waals surface area contributed by atoms with Gasteiger partial charge in [-0.15, -0.1) is 0 Å². The Morgan fingerprint density at radius 1 is 0.625 bits per heavy atom. The Labute approximate surface area is 107 Å². The molecule has 0 N–H and O–H groups in total. The van der Waals surface area contributed by atoms with E-state index in [1.807, 2.05) is 13.8 Å². The van der Waals surface area contributed by atoms with E-state index < -0.39 is 0 Å². The first-order chi connectivity index (χ1) is 1.00. The molecule has 0 heterocycles.